The number of H-pyrrole nitrogens is 1. The highest BCUT2D eigenvalue weighted by molar-refractivity contribution is 6.05. The van der Waals surface area contributed by atoms with E-state index < -0.39 is 0 Å². The van der Waals surface area contributed by atoms with Crippen LogP contribution in [0.15, 0.2) is 48.7 Å². The molecule has 4 aromatic rings. The van der Waals surface area contributed by atoms with Crippen molar-refractivity contribution in [1.82, 2.24) is 19.9 Å². The maximum absolute atomic E-state index is 6.70. The van der Waals surface area contributed by atoms with E-state index in [1.54, 1.807) is 0 Å². The van der Waals surface area contributed by atoms with E-state index in [4.69, 9.17) is 15.7 Å². The number of likely N-dealkylation sites (N-methyl/N-ethyl adjacent to an activating group) is 1. The summed E-state index contributed by atoms with van der Waals surface area (Å²) in [4.78, 5) is 17.7. The smallest absolute Gasteiger partial charge is 0.142 e. The van der Waals surface area contributed by atoms with Gasteiger partial charge >= 0.3 is 0 Å². The van der Waals surface area contributed by atoms with Gasteiger partial charge in [0, 0.05) is 43.4 Å². The number of nitrogens with one attached hydrogen (secondary N) is 1. The molecule has 5 rings (SSSR count). The molecule has 28 heavy (non-hydrogen) atoms. The third-order valence-electron chi connectivity index (χ3n) is 5.72. The van der Waals surface area contributed by atoms with Crippen LogP contribution in [0.3, 0.4) is 0 Å². The minimum Gasteiger partial charge on any atom is -0.397 e. The fourth-order valence-corrected chi connectivity index (χ4v) is 4.09. The molecule has 0 spiro atoms. The molecular formula is C22H24N6. The lowest BCUT2D eigenvalue weighted by molar-refractivity contribution is 0.271. The molecule has 6 heteroatoms. The van der Waals surface area contributed by atoms with Crippen LogP contribution in [0.5, 0.6) is 0 Å². The van der Waals surface area contributed by atoms with Gasteiger partial charge < -0.3 is 20.5 Å². The standard InChI is InChI=1S/C22H24N6/c1-2-27-10-12-28(13-11-27)19-9-5-8-18-20(19)21(23)15(14-24-18)22-25-16-6-3-4-7-17(16)26-22/h3-9,14H,2,10-13H2,1H3,(H2,23,24)(H,25,26). The van der Waals surface area contributed by atoms with Gasteiger partial charge in [-0.3, -0.25) is 4.98 Å². The van der Waals surface area contributed by atoms with Crippen molar-refractivity contribution in [3.05, 3.63) is 48.7 Å². The number of nitrogens with zero attached hydrogens (tertiary/aromatic N) is 4. The summed E-state index contributed by atoms with van der Waals surface area (Å²) in [5, 5.41) is 1.02. The number of hydrogen-bond donors (Lipinski definition) is 2. The second-order valence-electron chi connectivity index (χ2n) is 7.28. The number of aromatic nitrogens is 3. The second-order valence-corrected chi connectivity index (χ2v) is 7.28. The molecule has 0 amide bonds. The average molecular weight is 372 g/mol. The molecule has 2 aromatic heterocycles. The molecule has 6 nitrogen and oxygen atoms in total. The Morgan fingerprint density at radius 2 is 1.79 bits per heavy atom. The van der Waals surface area contributed by atoms with Crippen LogP contribution >= 0.6 is 0 Å². The Labute approximate surface area is 164 Å². The predicted molar refractivity (Wildman–Crippen MR) is 116 cm³/mol. The maximum atomic E-state index is 6.70. The number of imidazole rings is 1. The largest absolute Gasteiger partial charge is 0.397 e. The van der Waals surface area contributed by atoms with Gasteiger partial charge in [-0.05, 0) is 30.8 Å². The van der Waals surface area contributed by atoms with E-state index in [2.05, 4.69) is 33.8 Å². The molecule has 0 saturated carbocycles. The molecule has 0 unspecified atom stereocenters. The highest BCUT2D eigenvalue weighted by Crippen LogP contribution is 2.36. The van der Waals surface area contributed by atoms with Crippen molar-refractivity contribution >= 4 is 33.3 Å². The van der Waals surface area contributed by atoms with E-state index >= 15 is 0 Å². The van der Waals surface area contributed by atoms with Gasteiger partial charge in [0.1, 0.15) is 5.82 Å². The van der Waals surface area contributed by atoms with Crippen LogP contribution in [0, 0.1) is 0 Å². The van der Waals surface area contributed by atoms with Crippen molar-refractivity contribution < 1.29 is 0 Å². The number of para-hydroxylation sites is 2. The highest BCUT2D eigenvalue weighted by atomic mass is 15.3. The normalized spacial score (nSPS) is 15.5. The number of pyridine rings is 1. The van der Waals surface area contributed by atoms with Crippen molar-refractivity contribution in [2.45, 2.75) is 6.92 Å². The molecular weight excluding hydrogens is 348 g/mol. The van der Waals surface area contributed by atoms with Crippen molar-refractivity contribution in [1.29, 1.82) is 0 Å². The van der Waals surface area contributed by atoms with E-state index in [1.165, 1.54) is 0 Å². The zero-order valence-corrected chi connectivity index (χ0v) is 16.0. The van der Waals surface area contributed by atoms with E-state index in [0.717, 1.165) is 77.4 Å². The Morgan fingerprint density at radius 1 is 1.00 bits per heavy atom. The van der Waals surface area contributed by atoms with Gasteiger partial charge in [-0.1, -0.05) is 25.1 Å². The molecule has 2 aromatic carbocycles. The minimum atomic E-state index is 0.734. The molecule has 1 aliphatic heterocycles. The van der Waals surface area contributed by atoms with Crippen LogP contribution in [0.25, 0.3) is 33.3 Å². The molecule has 0 atom stereocenters. The first kappa shape index (κ1) is 17.0. The van der Waals surface area contributed by atoms with Crippen LogP contribution in [0.1, 0.15) is 6.92 Å². The highest BCUT2D eigenvalue weighted by Gasteiger charge is 2.20. The van der Waals surface area contributed by atoms with Gasteiger partial charge in [0.25, 0.3) is 0 Å². The zero-order valence-electron chi connectivity index (χ0n) is 16.0. The average Bonchev–Trinajstić information content (AvgIpc) is 3.17. The van der Waals surface area contributed by atoms with Crippen LogP contribution in [-0.2, 0) is 0 Å². The van der Waals surface area contributed by atoms with Crippen molar-refractivity contribution in [2.24, 2.45) is 0 Å². The van der Waals surface area contributed by atoms with Crippen LogP contribution in [-0.4, -0.2) is 52.6 Å². The third-order valence-corrected chi connectivity index (χ3v) is 5.72. The van der Waals surface area contributed by atoms with E-state index in [0.29, 0.717) is 0 Å². The number of rotatable bonds is 3. The van der Waals surface area contributed by atoms with Gasteiger partial charge in [0.2, 0.25) is 0 Å². The van der Waals surface area contributed by atoms with Gasteiger partial charge in [0.15, 0.2) is 0 Å². The lowest BCUT2D eigenvalue weighted by Crippen LogP contribution is -2.46. The Bertz CT molecular complexity index is 1110. The van der Waals surface area contributed by atoms with Crippen LogP contribution in [0.4, 0.5) is 11.4 Å². The third kappa shape index (κ3) is 2.77. The van der Waals surface area contributed by atoms with Crippen molar-refractivity contribution in [2.75, 3.05) is 43.4 Å². The summed E-state index contributed by atoms with van der Waals surface area (Å²) < 4.78 is 0. The topological polar surface area (TPSA) is 74.1 Å². The molecule has 1 fully saturated rings. The number of aromatic amines is 1. The summed E-state index contributed by atoms with van der Waals surface area (Å²) in [7, 11) is 0. The molecule has 1 aliphatic rings. The summed E-state index contributed by atoms with van der Waals surface area (Å²) in [5.74, 6) is 0.763. The lowest BCUT2D eigenvalue weighted by Gasteiger charge is -2.36. The molecule has 3 heterocycles. The minimum absolute atomic E-state index is 0.734. The summed E-state index contributed by atoms with van der Waals surface area (Å²) in [6, 6.07) is 14.3. The maximum Gasteiger partial charge on any atom is 0.142 e. The SMILES string of the molecule is CCN1CCN(c2cccc3ncc(-c4nc5ccccc5[nH]4)c(N)c23)CC1. The molecule has 0 radical (unpaired) electrons. The Kier molecular flexibility index (Phi) is 4.13. The summed E-state index contributed by atoms with van der Waals surface area (Å²) in [6.07, 6.45) is 1.83. The number of fused-ring (bicyclic) bond motifs is 2. The zero-order chi connectivity index (χ0) is 19.1. The molecule has 0 bridgehead atoms. The molecule has 3 N–H and O–H groups in total. The fraction of sp³-hybridized carbons (Fsp3) is 0.273. The molecule has 0 aliphatic carbocycles. The summed E-state index contributed by atoms with van der Waals surface area (Å²) in [6.45, 7) is 7.47. The van der Waals surface area contributed by atoms with Gasteiger partial charge in [0.05, 0.1) is 27.8 Å². The number of benzene rings is 2. The van der Waals surface area contributed by atoms with Crippen molar-refractivity contribution in [3.63, 3.8) is 0 Å². The van der Waals surface area contributed by atoms with E-state index in [9.17, 15) is 0 Å². The quantitative estimate of drug-likeness (QED) is 0.576. The Balaban J connectivity index is 1.62. The molecule has 1 saturated heterocycles. The number of anilines is 2. The van der Waals surface area contributed by atoms with E-state index in [-0.39, 0.29) is 0 Å². The van der Waals surface area contributed by atoms with Crippen LogP contribution in [0.2, 0.25) is 0 Å². The first-order valence-corrected chi connectivity index (χ1v) is 9.84. The van der Waals surface area contributed by atoms with Crippen molar-refractivity contribution in [3.8, 4) is 11.4 Å². The fourth-order valence-electron chi connectivity index (χ4n) is 4.09. The number of piperazine rings is 1. The lowest BCUT2D eigenvalue weighted by atomic mass is 10.1. The van der Waals surface area contributed by atoms with Gasteiger partial charge in [-0.15, -0.1) is 0 Å². The van der Waals surface area contributed by atoms with E-state index in [1.807, 2.05) is 36.5 Å². The monoisotopic (exact) mass is 372 g/mol. The second kappa shape index (κ2) is 6.80. The first-order valence-electron chi connectivity index (χ1n) is 9.84. The number of nitrogens with two attached hydrogens (primary N) is 1. The first-order chi connectivity index (χ1) is 13.7. The summed E-state index contributed by atoms with van der Waals surface area (Å²) in [5.41, 5.74) is 12.3. The summed E-state index contributed by atoms with van der Waals surface area (Å²) >= 11 is 0. The number of nitrogen functional groups attached to an aromatic ring is 1. The van der Waals surface area contributed by atoms with Gasteiger partial charge in [-0.25, -0.2) is 4.98 Å². The predicted octanol–water partition coefficient (Wildman–Crippen LogP) is 3.50. The van der Waals surface area contributed by atoms with Gasteiger partial charge in [-0.2, -0.15) is 0 Å². The Morgan fingerprint density at radius 3 is 2.57 bits per heavy atom. The Hall–Kier alpha value is -3.12. The number of hydrogen-bond acceptors (Lipinski definition) is 5. The van der Waals surface area contributed by atoms with Crippen LogP contribution < -0.4 is 10.6 Å². The molecule has 142 valence electrons.